The number of benzene rings is 2. The number of carbonyl (C=O) groups is 1. The van der Waals surface area contributed by atoms with Gasteiger partial charge in [-0.25, -0.2) is 9.78 Å². The molecule has 2 aromatic carbocycles. The molecule has 0 fully saturated rings. The van der Waals surface area contributed by atoms with Crippen molar-refractivity contribution in [1.82, 2.24) is 14.9 Å². The van der Waals surface area contributed by atoms with Gasteiger partial charge in [-0.2, -0.15) is 0 Å². The first-order valence-corrected chi connectivity index (χ1v) is 8.44. The van der Waals surface area contributed by atoms with E-state index in [1.165, 1.54) is 0 Å². The van der Waals surface area contributed by atoms with Crippen molar-refractivity contribution in [3.63, 3.8) is 0 Å². The van der Waals surface area contributed by atoms with Crippen LogP contribution in [0.3, 0.4) is 0 Å². The van der Waals surface area contributed by atoms with Gasteiger partial charge in [0.2, 0.25) is 0 Å². The Bertz CT molecular complexity index is 881. The number of rotatable bonds is 6. The van der Waals surface area contributed by atoms with E-state index in [-0.39, 0.29) is 6.03 Å². The van der Waals surface area contributed by atoms with E-state index in [4.69, 9.17) is 16.3 Å². The van der Waals surface area contributed by atoms with Crippen molar-refractivity contribution < 1.29 is 9.53 Å². The van der Waals surface area contributed by atoms with Gasteiger partial charge < -0.3 is 19.9 Å². The first-order chi connectivity index (χ1) is 12.7. The zero-order valence-electron chi connectivity index (χ0n) is 14.3. The van der Waals surface area contributed by atoms with Crippen LogP contribution in [0, 0.1) is 0 Å². The third kappa shape index (κ3) is 4.55. The van der Waals surface area contributed by atoms with Gasteiger partial charge in [-0.3, -0.25) is 0 Å². The molecule has 6 nitrogen and oxygen atoms in total. The predicted octanol–water partition coefficient (Wildman–Crippen LogP) is 3.92. The van der Waals surface area contributed by atoms with E-state index in [0.29, 0.717) is 29.5 Å². The minimum atomic E-state index is -0.302. The van der Waals surface area contributed by atoms with Crippen LogP contribution < -0.4 is 15.4 Å². The lowest BCUT2D eigenvalue weighted by atomic mass is 10.1. The molecule has 0 saturated heterocycles. The lowest BCUT2D eigenvalue weighted by molar-refractivity contribution is 0.251. The van der Waals surface area contributed by atoms with Crippen LogP contribution in [0.1, 0.15) is 11.1 Å². The first kappa shape index (κ1) is 17.8. The maximum Gasteiger partial charge on any atom is 0.319 e. The number of amides is 2. The molecule has 2 amide bonds. The number of hydrogen-bond acceptors (Lipinski definition) is 3. The van der Waals surface area contributed by atoms with E-state index in [0.717, 1.165) is 11.1 Å². The molecule has 3 aromatic rings. The Morgan fingerprint density at radius 2 is 2.04 bits per heavy atom. The van der Waals surface area contributed by atoms with Crippen LogP contribution in [0.15, 0.2) is 61.2 Å². The summed E-state index contributed by atoms with van der Waals surface area (Å²) in [6, 6.07) is 12.8. The second kappa shape index (κ2) is 8.40. The summed E-state index contributed by atoms with van der Waals surface area (Å²) < 4.78 is 7.08. The van der Waals surface area contributed by atoms with E-state index in [9.17, 15) is 4.79 Å². The van der Waals surface area contributed by atoms with Crippen molar-refractivity contribution in [3.8, 4) is 5.75 Å². The summed E-state index contributed by atoms with van der Waals surface area (Å²) in [5.41, 5.74) is 2.77. The van der Waals surface area contributed by atoms with E-state index >= 15 is 0 Å². The average Bonchev–Trinajstić information content (AvgIpc) is 3.14. The van der Waals surface area contributed by atoms with Crippen molar-refractivity contribution >= 4 is 23.3 Å². The van der Waals surface area contributed by atoms with Gasteiger partial charge in [0.15, 0.2) is 0 Å². The average molecular weight is 371 g/mol. The van der Waals surface area contributed by atoms with Crippen molar-refractivity contribution in [2.45, 2.75) is 13.1 Å². The summed E-state index contributed by atoms with van der Waals surface area (Å²) in [6.45, 7) is 1.12. The van der Waals surface area contributed by atoms with Crippen LogP contribution >= 0.6 is 11.6 Å². The SMILES string of the molecule is COc1ccc(NC(=O)NCc2ccccc2Cn2ccnc2)cc1Cl. The largest absolute Gasteiger partial charge is 0.495 e. The van der Waals surface area contributed by atoms with Gasteiger partial charge in [-0.1, -0.05) is 35.9 Å². The number of nitrogens with one attached hydrogen (secondary N) is 2. The maximum absolute atomic E-state index is 12.2. The van der Waals surface area contributed by atoms with E-state index in [2.05, 4.69) is 15.6 Å². The zero-order valence-corrected chi connectivity index (χ0v) is 15.0. The normalized spacial score (nSPS) is 10.4. The molecule has 0 radical (unpaired) electrons. The van der Waals surface area contributed by atoms with Crippen molar-refractivity contribution in [2.75, 3.05) is 12.4 Å². The topological polar surface area (TPSA) is 68.2 Å². The molecule has 3 rings (SSSR count). The van der Waals surface area contributed by atoms with Crippen LogP contribution in [-0.2, 0) is 13.1 Å². The van der Waals surface area contributed by atoms with Crippen LogP contribution in [-0.4, -0.2) is 22.7 Å². The number of anilines is 1. The van der Waals surface area contributed by atoms with Crippen molar-refractivity contribution in [2.24, 2.45) is 0 Å². The molecule has 134 valence electrons. The highest BCUT2D eigenvalue weighted by Gasteiger charge is 2.07. The number of aromatic nitrogens is 2. The smallest absolute Gasteiger partial charge is 0.319 e. The standard InChI is InChI=1S/C19H19ClN4O2/c1-26-18-7-6-16(10-17(18)20)23-19(25)22-11-14-4-2-3-5-15(14)12-24-9-8-21-13-24/h2-10,13H,11-12H2,1H3,(H2,22,23,25). The Balaban J connectivity index is 1.60. The van der Waals surface area contributed by atoms with Gasteiger partial charge in [0.1, 0.15) is 5.75 Å². The maximum atomic E-state index is 12.2. The van der Waals surface area contributed by atoms with Crippen LogP contribution in [0.5, 0.6) is 5.75 Å². The van der Waals surface area contributed by atoms with Crippen molar-refractivity contribution in [1.29, 1.82) is 0 Å². The monoisotopic (exact) mass is 370 g/mol. The molecule has 0 unspecified atom stereocenters. The second-order valence-electron chi connectivity index (χ2n) is 5.66. The molecule has 1 heterocycles. The van der Waals surface area contributed by atoms with Gasteiger partial charge in [0.25, 0.3) is 0 Å². The molecule has 0 atom stereocenters. The third-order valence-corrected chi connectivity index (χ3v) is 4.17. The number of imidazole rings is 1. The minimum Gasteiger partial charge on any atom is -0.495 e. The number of ether oxygens (including phenoxy) is 1. The summed E-state index contributed by atoms with van der Waals surface area (Å²) in [5.74, 6) is 0.561. The first-order valence-electron chi connectivity index (χ1n) is 8.06. The molecule has 0 aliphatic heterocycles. The second-order valence-corrected chi connectivity index (χ2v) is 6.07. The summed E-state index contributed by atoms with van der Waals surface area (Å²) in [5, 5.41) is 6.07. The molecule has 0 aliphatic carbocycles. The fraction of sp³-hybridized carbons (Fsp3) is 0.158. The fourth-order valence-electron chi connectivity index (χ4n) is 2.56. The van der Waals surface area contributed by atoms with Crippen LogP contribution in [0.25, 0.3) is 0 Å². The summed E-state index contributed by atoms with van der Waals surface area (Å²) in [4.78, 5) is 16.2. The number of methoxy groups -OCH3 is 1. The molecule has 0 bridgehead atoms. The summed E-state index contributed by atoms with van der Waals surface area (Å²) in [7, 11) is 1.54. The van der Waals surface area contributed by atoms with Gasteiger partial charge >= 0.3 is 6.03 Å². The van der Waals surface area contributed by atoms with Gasteiger partial charge in [-0.15, -0.1) is 0 Å². The lowest BCUT2D eigenvalue weighted by Gasteiger charge is -2.12. The molecule has 1 aromatic heterocycles. The predicted molar refractivity (Wildman–Crippen MR) is 102 cm³/mol. The zero-order chi connectivity index (χ0) is 18.4. The molecule has 7 heteroatoms. The van der Waals surface area contributed by atoms with Gasteiger partial charge in [0, 0.05) is 31.2 Å². The number of urea groups is 1. The highest BCUT2D eigenvalue weighted by atomic mass is 35.5. The Kier molecular flexibility index (Phi) is 5.76. The van der Waals surface area contributed by atoms with E-state index in [1.807, 2.05) is 35.0 Å². The fourth-order valence-corrected chi connectivity index (χ4v) is 2.81. The molecular formula is C19H19ClN4O2. The van der Waals surface area contributed by atoms with E-state index in [1.54, 1.807) is 37.8 Å². The molecule has 0 spiro atoms. The molecule has 0 saturated carbocycles. The number of hydrogen-bond donors (Lipinski definition) is 2. The number of halogens is 1. The Morgan fingerprint density at radius 1 is 1.23 bits per heavy atom. The Labute approximate surface area is 156 Å². The number of carbonyl (C=O) groups excluding carboxylic acids is 1. The van der Waals surface area contributed by atoms with Crippen LogP contribution in [0.4, 0.5) is 10.5 Å². The third-order valence-electron chi connectivity index (χ3n) is 3.88. The van der Waals surface area contributed by atoms with Crippen LogP contribution in [0.2, 0.25) is 5.02 Å². The van der Waals surface area contributed by atoms with Crippen molar-refractivity contribution in [3.05, 3.63) is 77.3 Å². The molecule has 26 heavy (non-hydrogen) atoms. The summed E-state index contributed by atoms with van der Waals surface area (Å²) in [6.07, 6.45) is 5.42. The lowest BCUT2D eigenvalue weighted by Crippen LogP contribution is -2.28. The molecule has 0 aliphatic rings. The number of nitrogens with zero attached hydrogens (tertiary/aromatic N) is 2. The Hall–Kier alpha value is -2.99. The minimum absolute atomic E-state index is 0.302. The molecular weight excluding hydrogens is 352 g/mol. The van der Waals surface area contributed by atoms with Gasteiger partial charge in [0.05, 0.1) is 18.5 Å². The van der Waals surface area contributed by atoms with E-state index < -0.39 is 0 Å². The summed E-state index contributed by atoms with van der Waals surface area (Å²) >= 11 is 6.07. The quantitative estimate of drug-likeness (QED) is 0.691. The Morgan fingerprint density at radius 3 is 2.73 bits per heavy atom. The van der Waals surface area contributed by atoms with Gasteiger partial charge in [-0.05, 0) is 29.3 Å². The molecule has 2 N–H and O–H groups in total. The highest BCUT2D eigenvalue weighted by molar-refractivity contribution is 6.32. The highest BCUT2D eigenvalue weighted by Crippen LogP contribution is 2.27.